The van der Waals surface area contributed by atoms with Gasteiger partial charge >= 0.3 is 0 Å². The van der Waals surface area contributed by atoms with E-state index >= 15 is 0 Å². The van der Waals surface area contributed by atoms with Crippen LogP contribution in [0.3, 0.4) is 0 Å². The molecule has 7 aromatic rings. The number of rotatable bonds is 17. The van der Waals surface area contributed by atoms with Gasteiger partial charge in [-0.2, -0.15) is 5.26 Å². The van der Waals surface area contributed by atoms with Gasteiger partial charge in [0.2, 0.25) is 20.0 Å². The third kappa shape index (κ3) is 14.7. The predicted molar refractivity (Wildman–Crippen MR) is 286 cm³/mol. The molecule has 7 rings (SSSR count). The summed E-state index contributed by atoms with van der Waals surface area (Å²) in [4.78, 5) is 8.90. The van der Waals surface area contributed by atoms with Crippen LogP contribution >= 0.6 is 0 Å². The highest BCUT2D eigenvalue weighted by molar-refractivity contribution is 7.90. The Morgan fingerprint density at radius 1 is 0.603 bits per heavy atom. The fraction of sp³-hybridized carbons (Fsp3) is 0.268. The molecule has 5 aromatic carbocycles. The lowest BCUT2D eigenvalue weighted by Gasteiger charge is -2.21. The highest BCUT2D eigenvalue weighted by Gasteiger charge is 2.26. The fourth-order valence-electron chi connectivity index (χ4n) is 7.81. The van der Waals surface area contributed by atoms with Crippen LogP contribution in [-0.4, -0.2) is 53.2 Å². The summed E-state index contributed by atoms with van der Waals surface area (Å²) in [7, 11) is -7.42. The van der Waals surface area contributed by atoms with Crippen LogP contribution < -0.4 is 24.8 Å². The number of nitrogens with one attached hydrogen (secondary N) is 4. The molecule has 382 valence electrons. The smallest absolute Gasteiger partial charge is 0.241 e. The summed E-state index contributed by atoms with van der Waals surface area (Å²) in [5.74, 6) is 0.639. The van der Waals surface area contributed by atoms with Gasteiger partial charge in [0.05, 0.1) is 46.0 Å². The van der Waals surface area contributed by atoms with E-state index in [-0.39, 0.29) is 35.4 Å². The third-order valence-corrected chi connectivity index (χ3v) is 14.8. The lowest BCUT2D eigenvalue weighted by molar-refractivity contribution is 0.273. The van der Waals surface area contributed by atoms with E-state index in [1.807, 2.05) is 100 Å². The number of ether oxygens (including phenoxy) is 1. The molecule has 0 aliphatic carbocycles. The molecule has 0 radical (unpaired) electrons. The van der Waals surface area contributed by atoms with Crippen molar-refractivity contribution in [2.24, 2.45) is 0 Å². The van der Waals surface area contributed by atoms with Gasteiger partial charge in [-0.1, -0.05) is 72.8 Å². The topological polar surface area (TPSA) is 236 Å². The normalized spacial score (nSPS) is 11.8. The second kappa shape index (κ2) is 23.6. The van der Waals surface area contributed by atoms with Crippen LogP contribution in [0.4, 0.5) is 11.4 Å². The number of aromatic hydroxyl groups is 1. The molecule has 0 amide bonds. The molecular weight excluding hydrogens is 963 g/mol. The summed E-state index contributed by atoms with van der Waals surface area (Å²) in [6, 6.07) is 38.1. The number of nitrogens with zero attached hydrogens (tertiary/aromatic N) is 3. The Morgan fingerprint density at radius 2 is 1.05 bits per heavy atom. The van der Waals surface area contributed by atoms with Gasteiger partial charge < -0.3 is 30.7 Å². The number of hydrogen-bond acceptors (Lipinski definition) is 13. The maximum absolute atomic E-state index is 13.1. The number of benzene rings is 5. The standard InChI is InChI=1S/C32H34N4O4S.C24H29N3O4S/c1-22-31(40-21-24-9-7-8-23(16-24)17-33)29(26(20-37)18-34-22)19-35-27-14-12-25(13-15-27)28-10-5-6-11-30(28)41(38,39)36-32(2,3)4;1-16-23(29)21(18(15-28)13-25-16)14-26-19-11-9-17(10-12-19)20-7-5-6-8-22(20)32(30,31)27-24(2,3)4/h5-16,18,35-37H,19-21H2,1-4H3;5-13,26-29H,14-15H2,1-4H3. The minimum atomic E-state index is -3.72. The molecule has 0 aliphatic rings. The average molecular weight is 1030 g/mol. The quantitative estimate of drug-likeness (QED) is 0.0451. The van der Waals surface area contributed by atoms with Gasteiger partial charge in [-0.05, 0) is 121 Å². The van der Waals surface area contributed by atoms with E-state index in [0.717, 1.165) is 33.6 Å². The van der Waals surface area contributed by atoms with E-state index in [9.17, 15) is 37.4 Å². The first kappa shape index (κ1) is 55.1. The number of aryl methyl sites for hydroxylation is 2. The molecule has 0 unspecified atom stereocenters. The van der Waals surface area contributed by atoms with Crippen LogP contribution in [0, 0.1) is 25.2 Å². The molecule has 2 aromatic heterocycles. The highest BCUT2D eigenvalue weighted by Crippen LogP contribution is 2.33. The number of nitriles is 1. The largest absolute Gasteiger partial charge is 0.506 e. The van der Waals surface area contributed by atoms with E-state index < -0.39 is 31.1 Å². The molecule has 73 heavy (non-hydrogen) atoms. The predicted octanol–water partition coefficient (Wildman–Crippen LogP) is 9.63. The van der Waals surface area contributed by atoms with Crippen molar-refractivity contribution in [3.8, 4) is 39.8 Å². The number of anilines is 2. The summed E-state index contributed by atoms with van der Waals surface area (Å²) >= 11 is 0. The summed E-state index contributed by atoms with van der Waals surface area (Å²) in [6.07, 6.45) is 3.19. The Hall–Kier alpha value is -7.17. The van der Waals surface area contributed by atoms with Crippen LogP contribution in [0.25, 0.3) is 22.3 Å². The fourth-order valence-corrected chi connectivity index (χ4v) is 11.1. The molecule has 2 heterocycles. The monoisotopic (exact) mass is 1030 g/mol. The number of hydrogen-bond donors (Lipinski definition) is 7. The van der Waals surface area contributed by atoms with Crippen LogP contribution in [0.1, 0.15) is 86.3 Å². The van der Waals surface area contributed by atoms with Gasteiger partial charge in [0.25, 0.3) is 0 Å². The number of pyridine rings is 2. The van der Waals surface area contributed by atoms with Gasteiger partial charge in [-0.3, -0.25) is 9.97 Å². The van der Waals surface area contributed by atoms with Crippen LogP contribution in [0.5, 0.6) is 11.5 Å². The van der Waals surface area contributed by atoms with Gasteiger partial charge in [0.15, 0.2) is 0 Å². The maximum atomic E-state index is 13.1. The van der Waals surface area contributed by atoms with E-state index in [2.05, 4.69) is 36.1 Å². The van der Waals surface area contributed by atoms with E-state index in [1.54, 1.807) is 88.6 Å². The van der Waals surface area contributed by atoms with E-state index in [0.29, 0.717) is 63.6 Å². The third-order valence-electron chi connectivity index (χ3n) is 11.2. The van der Waals surface area contributed by atoms with Crippen LogP contribution in [-0.2, 0) is 53.0 Å². The van der Waals surface area contributed by atoms with E-state index in [1.165, 1.54) is 0 Å². The van der Waals surface area contributed by atoms with E-state index in [4.69, 9.17) is 4.74 Å². The first-order chi connectivity index (χ1) is 34.5. The number of aliphatic hydroxyl groups excluding tert-OH is 2. The first-order valence-corrected chi connectivity index (χ1v) is 26.4. The lowest BCUT2D eigenvalue weighted by Crippen LogP contribution is -2.40. The van der Waals surface area contributed by atoms with Crippen molar-refractivity contribution in [2.45, 2.75) is 109 Å². The van der Waals surface area contributed by atoms with Crippen molar-refractivity contribution in [2.75, 3.05) is 10.6 Å². The lowest BCUT2D eigenvalue weighted by atomic mass is 10.0. The van der Waals surface area contributed by atoms with Gasteiger partial charge in [0.1, 0.15) is 18.1 Å². The first-order valence-electron chi connectivity index (χ1n) is 23.4. The molecule has 0 bridgehead atoms. The Kier molecular flexibility index (Phi) is 17.8. The van der Waals surface area contributed by atoms with Crippen molar-refractivity contribution in [3.63, 3.8) is 0 Å². The molecule has 0 saturated carbocycles. The molecule has 0 aliphatic heterocycles. The van der Waals surface area contributed by atoms with Crippen molar-refractivity contribution >= 4 is 31.4 Å². The highest BCUT2D eigenvalue weighted by atomic mass is 32.2. The molecule has 0 fully saturated rings. The van der Waals surface area contributed by atoms with Crippen molar-refractivity contribution in [3.05, 3.63) is 178 Å². The van der Waals surface area contributed by atoms with Crippen molar-refractivity contribution in [1.82, 2.24) is 19.4 Å². The number of aromatic nitrogens is 2. The van der Waals surface area contributed by atoms with Crippen molar-refractivity contribution in [1.29, 1.82) is 5.26 Å². The second-order valence-corrected chi connectivity index (χ2v) is 22.7. The Labute approximate surface area is 429 Å². The maximum Gasteiger partial charge on any atom is 0.241 e. The Bertz CT molecular complexity index is 3310. The summed E-state index contributed by atoms with van der Waals surface area (Å²) in [5.41, 5.74) is 8.33. The minimum Gasteiger partial charge on any atom is -0.506 e. The zero-order valence-corrected chi connectivity index (χ0v) is 43.9. The van der Waals surface area contributed by atoms with Crippen LogP contribution in [0.2, 0.25) is 0 Å². The molecule has 0 spiro atoms. The number of sulfonamides is 2. The zero-order valence-electron chi connectivity index (χ0n) is 42.3. The summed E-state index contributed by atoms with van der Waals surface area (Å²) < 4.78 is 63.6. The van der Waals surface area contributed by atoms with Gasteiger partial charge in [-0.25, -0.2) is 26.3 Å². The molecule has 0 saturated heterocycles. The molecule has 15 nitrogen and oxygen atoms in total. The average Bonchev–Trinajstić information content (AvgIpc) is 3.35. The second-order valence-electron chi connectivity index (χ2n) is 19.4. The van der Waals surface area contributed by atoms with Crippen LogP contribution in [0.15, 0.2) is 144 Å². The minimum absolute atomic E-state index is 0.0613. The summed E-state index contributed by atoms with van der Waals surface area (Å²) in [5, 5.41) is 45.6. The molecule has 0 atom stereocenters. The van der Waals surface area contributed by atoms with Crippen molar-refractivity contribution < 1.29 is 36.9 Å². The zero-order chi connectivity index (χ0) is 53.1. The Morgan fingerprint density at radius 3 is 1.52 bits per heavy atom. The molecule has 17 heteroatoms. The number of aliphatic hydroxyl groups is 2. The summed E-state index contributed by atoms with van der Waals surface area (Å²) in [6.45, 7) is 14.9. The molecular formula is C56H63N7O8S2. The SMILES string of the molecule is Cc1ncc(CO)c(CNc2ccc(-c3ccccc3S(=O)(=O)NC(C)(C)C)cc2)c1O.Cc1ncc(CO)c(CNc2ccc(-c3ccccc3S(=O)(=O)NC(C)(C)C)cc2)c1OCc1cccc(C#N)c1. The Balaban J connectivity index is 0.000000246. The van der Waals surface area contributed by atoms with Gasteiger partial charge in [-0.15, -0.1) is 0 Å². The molecule has 7 N–H and O–H groups in total. The van der Waals surface area contributed by atoms with Gasteiger partial charge in [0, 0.05) is 81.3 Å².